The van der Waals surface area contributed by atoms with E-state index in [0.29, 0.717) is 31.0 Å². The minimum atomic E-state index is -0.328. The number of aromatic nitrogens is 1. The number of amides is 1. The van der Waals surface area contributed by atoms with Crippen molar-refractivity contribution in [2.24, 2.45) is 5.73 Å². The molecule has 0 aliphatic carbocycles. The first-order valence-electron chi connectivity index (χ1n) is 8.22. The Hall–Kier alpha value is -1.66. The van der Waals surface area contributed by atoms with Crippen molar-refractivity contribution in [3.05, 3.63) is 40.8 Å². The van der Waals surface area contributed by atoms with Gasteiger partial charge in [-0.1, -0.05) is 48.0 Å². The molecule has 0 saturated carbocycles. The third-order valence-corrected chi connectivity index (χ3v) is 5.00. The lowest BCUT2D eigenvalue weighted by Crippen LogP contribution is -2.49. The van der Waals surface area contributed by atoms with Gasteiger partial charge in [-0.2, -0.15) is 0 Å². The molecule has 0 aliphatic heterocycles. The van der Waals surface area contributed by atoms with E-state index in [-0.39, 0.29) is 11.4 Å². The molecule has 1 aromatic carbocycles. The molecule has 1 aromatic heterocycles. The van der Waals surface area contributed by atoms with Crippen molar-refractivity contribution in [2.75, 3.05) is 6.54 Å². The number of halogens is 1. The normalized spacial score (nSPS) is 11.5. The summed E-state index contributed by atoms with van der Waals surface area (Å²) in [5, 5.41) is 2.90. The van der Waals surface area contributed by atoms with Crippen molar-refractivity contribution in [1.82, 2.24) is 10.3 Å². The minimum absolute atomic E-state index is 0.0348. The summed E-state index contributed by atoms with van der Waals surface area (Å²) >= 11 is 3.49. The van der Waals surface area contributed by atoms with Gasteiger partial charge in [-0.05, 0) is 18.9 Å². The molecule has 0 bridgehead atoms. The van der Waals surface area contributed by atoms with Crippen molar-refractivity contribution in [1.29, 1.82) is 0 Å². The molecule has 5 nitrogen and oxygen atoms in total. The maximum atomic E-state index is 12.0. The summed E-state index contributed by atoms with van der Waals surface area (Å²) in [7, 11) is 0. The summed E-state index contributed by atoms with van der Waals surface area (Å²) in [6.45, 7) is 4.56. The summed E-state index contributed by atoms with van der Waals surface area (Å²) in [5.74, 6) is 1.21. The zero-order chi connectivity index (χ0) is 17.6. The van der Waals surface area contributed by atoms with Crippen LogP contribution in [0.15, 0.2) is 39.4 Å². The molecular weight excluding hydrogens is 370 g/mol. The van der Waals surface area contributed by atoms with Gasteiger partial charge in [0.2, 0.25) is 5.91 Å². The molecule has 0 spiro atoms. The Morgan fingerprint density at radius 1 is 1.33 bits per heavy atom. The average molecular weight is 394 g/mol. The number of rotatable bonds is 8. The van der Waals surface area contributed by atoms with Crippen molar-refractivity contribution in [2.45, 2.75) is 45.1 Å². The fourth-order valence-electron chi connectivity index (χ4n) is 2.29. The average Bonchev–Trinajstić information content (AvgIpc) is 3.07. The first kappa shape index (κ1) is 18.7. The topological polar surface area (TPSA) is 81.1 Å². The number of nitrogens with two attached hydrogens (primary N) is 1. The number of oxazole rings is 1. The van der Waals surface area contributed by atoms with E-state index in [0.717, 1.165) is 22.9 Å². The van der Waals surface area contributed by atoms with Gasteiger partial charge in [0.25, 0.3) is 0 Å². The molecule has 2 rings (SSSR count). The number of nitrogens with zero attached hydrogens (tertiary/aromatic N) is 1. The molecule has 0 fully saturated rings. The van der Waals surface area contributed by atoms with Crippen LogP contribution in [-0.4, -0.2) is 23.0 Å². The number of benzene rings is 1. The number of carbonyl (C=O) groups excluding carboxylic acids is 1. The van der Waals surface area contributed by atoms with E-state index in [4.69, 9.17) is 10.2 Å². The molecule has 24 heavy (non-hydrogen) atoms. The lowest BCUT2D eigenvalue weighted by molar-refractivity contribution is -0.121. The molecule has 0 atom stereocenters. The lowest BCUT2D eigenvalue weighted by atomic mass is 9.94. The van der Waals surface area contributed by atoms with Crippen LogP contribution in [0.25, 0.3) is 11.3 Å². The summed E-state index contributed by atoms with van der Waals surface area (Å²) < 4.78 is 6.69. The van der Waals surface area contributed by atoms with E-state index in [1.807, 2.05) is 38.1 Å². The Labute approximate surface area is 151 Å². The first-order chi connectivity index (χ1) is 11.5. The standard InChI is InChI=1S/C18H24BrN3O2/c1-3-18(20,4-2)12-22-16(23)9-10-17-21-11-15(24-17)13-7-5-6-8-14(13)19/h5-8,11H,3-4,9-10,12,20H2,1-2H3,(H,22,23). The van der Waals surface area contributed by atoms with Crippen LogP contribution in [0, 0.1) is 0 Å². The predicted molar refractivity (Wildman–Crippen MR) is 98.5 cm³/mol. The second kappa shape index (κ2) is 8.44. The summed E-state index contributed by atoms with van der Waals surface area (Å²) in [6, 6.07) is 7.79. The largest absolute Gasteiger partial charge is 0.441 e. The fraction of sp³-hybridized carbons (Fsp3) is 0.444. The highest BCUT2D eigenvalue weighted by molar-refractivity contribution is 9.10. The number of aryl methyl sites for hydroxylation is 1. The van der Waals surface area contributed by atoms with Crippen LogP contribution in [0.1, 0.15) is 39.0 Å². The summed E-state index contributed by atoms with van der Waals surface area (Å²) in [6.07, 6.45) is 4.15. The van der Waals surface area contributed by atoms with Crippen molar-refractivity contribution in [3.63, 3.8) is 0 Å². The third kappa shape index (κ3) is 4.92. The smallest absolute Gasteiger partial charge is 0.220 e. The second-order valence-electron chi connectivity index (χ2n) is 5.94. The number of hydrogen-bond acceptors (Lipinski definition) is 4. The van der Waals surface area contributed by atoms with Crippen LogP contribution in [0.2, 0.25) is 0 Å². The Kier molecular flexibility index (Phi) is 6.57. The third-order valence-electron chi connectivity index (χ3n) is 4.30. The first-order valence-corrected chi connectivity index (χ1v) is 9.02. The van der Waals surface area contributed by atoms with E-state index < -0.39 is 0 Å². The minimum Gasteiger partial charge on any atom is -0.441 e. The second-order valence-corrected chi connectivity index (χ2v) is 6.80. The Morgan fingerprint density at radius 3 is 2.71 bits per heavy atom. The number of carbonyl (C=O) groups is 1. The van der Waals surface area contributed by atoms with Crippen LogP contribution in [0.5, 0.6) is 0 Å². The quantitative estimate of drug-likeness (QED) is 0.716. The zero-order valence-corrected chi connectivity index (χ0v) is 15.7. The molecule has 3 N–H and O–H groups in total. The molecule has 0 radical (unpaired) electrons. The number of nitrogens with one attached hydrogen (secondary N) is 1. The van der Waals surface area contributed by atoms with Crippen LogP contribution in [0.4, 0.5) is 0 Å². The lowest BCUT2D eigenvalue weighted by Gasteiger charge is -2.26. The Bertz CT molecular complexity index is 680. The van der Waals surface area contributed by atoms with E-state index in [1.165, 1.54) is 0 Å². The maximum Gasteiger partial charge on any atom is 0.220 e. The molecule has 0 aliphatic rings. The molecule has 0 saturated heterocycles. The fourth-order valence-corrected chi connectivity index (χ4v) is 2.78. The molecular formula is C18H24BrN3O2. The van der Waals surface area contributed by atoms with E-state index in [1.54, 1.807) is 6.20 Å². The Balaban J connectivity index is 1.87. The predicted octanol–water partition coefficient (Wildman–Crippen LogP) is 3.67. The monoisotopic (exact) mass is 393 g/mol. The molecule has 1 heterocycles. The van der Waals surface area contributed by atoms with E-state index in [2.05, 4.69) is 26.2 Å². The van der Waals surface area contributed by atoms with Gasteiger partial charge in [0.15, 0.2) is 11.7 Å². The molecule has 6 heteroatoms. The summed E-state index contributed by atoms with van der Waals surface area (Å²) in [4.78, 5) is 16.2. The number of hydrogen-bond donors (Lipinski definition) is 2. The molecule has 2 aromatic rings. The van der Waals surface area contributed by atoms with Gasteiger partial charge in [-0.3, -0.25) is 4.79 Å². The van der Waals surface area contributed by atoms with Crippen molar-refractivity contribution in [3.8, 4) is 11.3 Å². The highest BCUT2D eigenvalue weighted by atomic mass is 79.9. The van der Waals surface area contributed by atoms with Crippen molar-refractivity contribution >= 4 is 21.8 Å². The SMILES string of the molecule is CCC(N)(CC)CNC(=O)CCc1ncc(-c2ccccc2Br)o1. The maximum absolute atomic E-state index is 12.0. The van der Waals surface area contributed by atoms with Gasteiger partial charge in [0.1, 0.15) is 0 Å². The summed E-state index contributed by atoms with van der Waals surface area (Å²) in [5.41, 5.74) is 6.80. The van der Waals surface area contributed by atoms with Crippen LogP contribution >= 0.6 is 15.9 Å². The molecule has 1 amide bonds. The van der Waals surface area contributed by atoms with Gasteiger partial charge < -0.3 is 15.5 Å². The molecule has 0 unspecified atom stereocenters. The van der Waals surface area contributed by atoms with Gasteiger partial charge in [-0.15, -0.1) is 0 Å². The van der Waals surface area contributed by atoms with Gasteiger partial charge >= 0.3 is 0 Å². The molecule has 130 valence electrons. The zero-order valence-electron chi connectivity index (χ0n) is 14.1. The van der Waals surface area contributed by atoms with E-state index >= 15 is 0 Å². The van der Waals surface area contributed by atoms with Crippen LogP contribution in [-0.2, 0) is 11.2 Å². The van der Waals surface area contributed by atoms with Crippen LogP contribution < -0.4 is 11.1 Å². The van der Waals surface area contributed by atoms with Crippen LogP contribution in [0.3, 0.4) is 0 Å². The van der Waals surface area contributed by atoms with Crippen molar-refractivity contribution < 1.29 is 9.21 Å². The van der Waals surface area contributed by atoms with Gasteiger partial charge in [0.05, 0.1) is 6.20 Å². The van der Waals surface area contributed by atoms with Gasteiger partial charge in [-0.25, -0.2) is 4.98 Å². The Morgan fingerprint density at radius 2 is 2.04 bits per heavy atom. The van der Waals surface area contributed by atoms with E-state index in [9.17, 15) is 4.79 Å². The highest BCUT2D eigenvalue weighted by Gasteiger charge is 2.21. The van der Waals surface area contributed by atoms with Gasteiger partial charge in [0, 0.05) is 35.0 Å². The highest BCUT2D eigenvalue weighted by Crippen LogP contribution is 2.28.